The molecule has 0 unspecified atom stereocenters. The van der Waals surface area contributed by atoms with Crippen molar-refractivity contribution in [3.05, 3.63) is 63.7 Å². The van der Waals surface area contributed by atoms with Crippen LogP contribution in [0, 0.1) is 0 Å². The van der Waals surface area contributed by atoms with Gasteiger partial charge in [-0.15, -0.1) is 0 Å². The number of nitrogens with zero attached hydrogens (tertiary/aromatic N) is 4. The van der Waals surface area contributed by atoms with Gasteiger partial charge in [-0.3, -0.25) is 14.7 Å². The average molecular weight is 526 g/mol. The largest absolute Gasteiger partial charge is 0.435 e. The van der Waals surface area contributed by atoms with E-state index >= 15 is 0 Å². The summed E-state index contributed by atoms with van der Waals surface area (Å²) in [5, 5.41) is 15.7. The van der Waals surface area contributed by atoms with E-state index in [4.69, 9.17) is 23.2 Å². The number of pyridine rings is 1. The predicted molar refractivity (Wildman–Crippen MR) is 123 cm³/mol. The number of carbonyl (C=O) groups excluding carboxylic acids is 2. The monoisotopic (exact) mass is 525 g/mol. The van der Waals surface area contributed by atoms with E-state index in [-0.39, 0.29) is 32.6 Å². The van der Waals surface area contributed by atoms with Crippen LogP contribution in [-0.2, 0) is 6.18 Å². The smallest absolute Gasteiger partial charge is 0.352 e. The number of anilines is 1. The second-order valence-corrected chi connectivity index (χ2v) is 8.10. The van der Waals surface area contributed by atoms with Crippen molar-refractivity contribution in [2.75, 3.05) is 11.9 Å². The van der Waals surface area contributed by atoms with E-state index in [1.54, 1.807) is 0 Å². The molecule has 0 bridgehead atoms. The van der Waals surface area contributed by atoms with E-state index in [2.05, 4.69) is 30.9 Å². The summed E-state index contributed by atoms with van der Waals surface area (Å²) < 4.78 is 41.0. The molecule has 0 aliphatic heterocycles. The lowest BCUT2D eigenvalue weighted by Gasteiger charge is -2.15. The van der Waals surface area contributed by atoms with Crippen molar-refractivity contribution in [3.63, 3.8) is 0 Å². The van der Waals surface area contributed by atoms with Gasteiger partial charge in [-0.05, 0) is 24.6 Å². The highest BCUT2D eigenvalue weighted by Gasteiger charge is 2.37. The molecule has 182 valence electrons. The summed E-state index contributed by atoms with van der Waals surface area (Å²) in [4.78, 5) is 30.1. The van der Waals surface area contributed by atoms with Crippen LogP contribution in [0.25, 0.3) is 16.7 Å². The lowest BCUT2D eigenvalue weighted by atomic mass is 10.1. The van der Waals surface area contributed by atoms with Gasteiger partial charge in [-0.25, -0.2) is 9.67 Å². The molecular weight excluding hydrogens is 510 g/mol. The number of amides is 2. The number of hydrogen-bond acceptors (Lipinski definition) is 5. The quantitative estimate of drug-likeness (QED) is 0.332. The van der Waals surface area contributed by atoms with Gasteiger partial charge >= 0.3 is 6.18 Å². The molecule has 0 spiro atoms. The van der Waals surface area contributed by atoms with Crippen molar-refractivity contribution < 1.29 is 22.8 Å². The number of nitrogens with one attached hydrogen (secondary N) is 3. The number of H-pyrrole nitrogens is 1. The van der Waals surface area contributed by atoms with Gasteiger partial charge in [0.15, 0.2) is 11.5 Å². The van der Waals surface area contributed by atoms with E-state index in [1.807, 2.05) is 6.92 Å². The number of alkyl halides is 3. The van der Waals surface area contributed by atoms with Crippen molar-refractivity contribution in [2.24, 2.45) is 0 Å². The van der Waals surface area contributed by atoms with E-state index < -0.39 is 29.4 Å². The fourth-order valence-corrected chi connectivity index (χ4v) is 3.75. The van der Waals surface area contributed by atoms with Gasteiger partial charge in [0, 0.05) is 24.2 Å². The molecule has 1 aromatic carbocycles. The molecule has 0 radical (unpaired) electrons. The Balaban J connectivity index is 1.83. The molecule has 3 aromatic heterocycles. The number of benzene rings is 1. The molecule has 3 heterocycles. The normalized spacial score (nSPS) is 11.6. The van der Waals surface area contributed by atoms with Crippen LogP contribution in [0.2, 0.25) is 10.0 Å². The zero-order valence-electron chi connectivity index (χ0n) is 17.9. The third kappa shape index (κ3) is 4.80. The minimum atomic E-state index is -4.85. The van der Waals surface area contributed by atoms with Crippen LogP contribution in [0.4, 0.5) is 18.9 Å². The van der Waals surface area contributed by atoms with E-state index in [0.29, 0.717) is 29.1 Å². The van der Waals surface area contributed by atoms with Crippen LogP contribution in [-0.4, -0.2) is 43.3 Å². The molecule has 0 fully saturated rings. The Kier molecular flexibility index (Phi) is 6.68. The Morgan fingerprint density at radius 2 is 1.94 bits per heavy atom. The lowest BCUT2D eigenvalue weighted by Crippen LogP contribution is -2.27. The van der Waals surface area contributed by atoms with Gasteiger partial charge in [-0.1, -0.05) is 30.1 Å². The SMILES string of the molecule is CCCNC(=O)c1c(NC(=O)c2cc(C(F)(F)F)nn2-c2ncccc2Cl)c(Cl)cc2cn[nH]c12. The van der Waals surface area contributed by atoms with Gasteiger partial charge in [0.05, 0.1) is 33.0 Å². The third-order valence-electron chi connectivity index (χ3n) is 4.86. The molecule has 4 aromatic rings. The van der Waals surface area contributed by atoms with Crippen LogP contribution in [0.3, 0.4) is 0 Å². The Morgan fingerprint density at radius 1 is 1.17 bits per heavy atom. The maximum atomic E-state index is 13.4. The maximum absolute atomic E-state index is 13.4. The van der Waals surface area contributed by atoms with Crippen LogP contribution in [0.15, 0.2) is 36.7 Å². The first-order valence-corrected chi connectivity index (χ1v) is 10.9. The minimum absolute atomic E-state index is 0.0214. The van der Waals surface area contributed by atoms with Gasteiger partial charge < -0.3 is 10.6 Å². The molecule has 0 saturated carbocycles. The van der Waals surface area contributed by atoms with Crippen LogP contribution in [0.1, 0.15) is 39.9 Å². The minimum Gasteiger partial charge on any atom is -0.352 e. The van der Waals surface area contributed by atoms with Gasteiger partial charge in [0.25, 0.3) is 11.8 Å². The Bertz CT molecular complexity index is 1430. The molecule has 14 heteroatoms. The number of rotatable bonds is 6. The van der Waals surface area contributed by atoms with Gasteiger partial charge in [0.2, 0.25) is 0 Å². The van der Waals surface area contributed by atoms with Gasteiger partial charge in [-0.2, -0.15) is 23.4 Å². The molecule has 4 rings (SSSR count). The summed E-state index contributed by atoms with van der Waals surface area (Å²) in [7, 11) is 0. The first kappa shape index (κ1) is 24.5. The fourth-order valence-electron chi connectivity index (χ4n) is 3.29. The van der Waals surface area contributed by atoms with E-state index in [9.17, 15) is 22.8 Å². The van der Waals surface area contributed by atoms with Crippen LogP contribution in [0.5, 0.6) is 0 Å². The summed E-state index contributed by atoms with van der Waals surface area (Å²) >= 11 is 12.5. The number of aromatic amines is 1. The molecule has 9 nitrogen and oxygen atoms in total. The summed E-state index contributed by atoms with van der Waals surface area (Å²) in [5.41, 5.74) is -1.71. The molecule has 35 heavy (non-hydrogen) atoms. The summed E-state index contributed by atoms with van der Waals surface area (Å²) in [6.45, 7) is 2.20. The summed E-state index contributed by atoms with van der Waals surface area (Å²) in [6.07, 6.45) is -1.47. The molecular formula is C21H16Cl2F3N7O2. The second-order valence-electron chi connectivity index (χ2n) is 7.29. The van der Waals surface area contributed by atoms with Crippen molar-refractivity contribution in [1.29, 1.82) is 0 Å². The average Bonchev–Trinajstić information content (AvgIpc) is 3.45. The zero-order chi connectivity index (χ0) is 25.3. The van der Waals surface area contributed by atoms with Gasteiger partial charge in [0.1, 0.15) is 5.69 Å². The molecule has 0 aliphatic carbocycles. The summed E-state index contributed by atoms with van der Waals surface area (Å²) in [6, 6.07) is 4.88. The third-order valence-corrected chi connectivity index (χ3v) is 5.46. The van der Waals surface area contributed by atoms with Crippen LogP contribution < -0.4 is 10.6 Å². The van der Waals surface area contributed by atoms with Crippen molar-refractivity contribution in [1.82, 2.24) is 30.3 Å². The predicted octanol–water partition coefficient (Wildman–Crippen LogP) is 4.86. The number of fused-ring (bicyclic) bond motifs is 1. The van der Waals surface area contributed by atoms with Crippen molar-refractivity contribution in [3.8, 4) is 5.82 Å². The molecule has 0 saturated heterocycles. The number of aromatic nitrogens is 5. The molecule has 0 atom stereocenters. The Morgan fingerprint density at radius 3 is 2.63 bits per heavy atom. The van der Waals surface area contributed by atoms with Crippen molar-refractivity contribution >= 4 is 51.6 Å². The fraction of sp³-hybridized carbons (Fsp3) is 0.190. The topological polar surface area (TPSA) is 118 Å². The highest BCUT2D eigenvalue weighted by atomic mass is 35.5. The first-order valence-electron chi connectivity index (χ1n) is 10.1. The maximum Gasteiger partial charge on any atom is 0.435 e. The Hall–Kier alpha value is -3.64. The van der Waals surface area contributed by atoms with E-state index in [1.165, 1.54) is 30.6 Å². The summed E-state index contributed by atoms with van der Waals surface area (Å²) in [5.74, 6) is -1.78. The van der Waals surface area contributed by atoms with E-state index in [0.717, 1.165) is 0 Å². The standard InChI is InChI=1S/C21H16Cl2F3N7O2/c1-2-5-28-20(35)15-16-10(9-29-31-16)7-12(23)17(15)30-19(34)13-8-14(21(24,25)26)32-33(13)18-11(22)4-3-6-27-18/h3-4,6-9H,2,5H2,1H3,(H,28,35)(H,29,31)(H,30,34). The second kappa shape index (κ2) is 9.55. The highest BCUT2D eigenvalue weighted by molar-refractivity contribution is 6.36. The zero-order valence-corrected chi connectivity index (χ0v) is 19.4. The lowest BCUT2D eigenvalue weighted by molar-refractivity contribution is -0.141. The highest BCUT2D eigenvalue weighted by Crippen LogP contribution is 2.34. The first-order chi connectivity index (χ1) is 16.6. The van der Waals surface area contributed by atoms with Crippen molar-refractivity contribution in [2.45, 2.75) is 19.5 Å². The number of halogens is 5. The number of hydrogen-bond donors (Lipinski definition) is 3. The molecule has 2 amide bonds. The molecule has 0 aliphatic rings. The molecule has 3 N–H and O–H groups in total. The van der Waals surface area contributed by atoms with Crippen LogP contribution >= 0.6 is 23.2 Å². The Labute approximate surface area is 205 Å². The number of carbonyl (C=O) groups is 2.